The molecule has 1 aliphatic rings. The first-order valence-electron chi connectivity index (χ1n) is 3.89. The predicted octanol–water partition coefficient (Wildman–Crippen LogP) is 0.971. The minimum atomic E-state index is -0.663. The van der Waals surface area contributed by atoms with Gasteiger partial charge in [0.1, 0.15) is 6.79 Å². The van der Waals surface area contributed by atoms with Gasteiger partial charge in [0.05, 0.1) is 6.61 Å². The highest BCUT2D eigenvalue weighted by Gasteiger charge is 2.34. The maximum atomic E-state index is 9.40. The second kappa shape index (κ2) is 3.09. The second-order valence-electron chi connectivity index (χ2n) is 4.02. The molecular formula is C8H16O3. The van der Waals surface area contributed by atoms with Gasteiger partial charge in [-0.2, -0.15) is 0 Å². The molecule has 1 saturated heterocycles. The Morgan fingerprint density at radius 1 is 1.36 bits per heavy atom. The minimum Gasteiger partial charge on any atom is -0.368 e. The van der Waals surface area contributed by atoms with Crippen LogP contribution in [0.25, 0.3) is 0 Å². The van der Waals surface area contributed by atoms with Crippen molar-refractivity contribution in [2.24, 2.45) is 11.3 Å². The zero-order chi connectivity index (χ0) is 8.48. The molecule has 1 heterocycles. The fraction of sp³-hybridized carbons (Fsp3) is 1.00. The number of aliphatic hydroxyl groups is 1. The number of hydrogen-bond donors (Lipinski definition) is 1. The molecule has 0 aliphatic carbocycles. The van der Waals surface area contributed by atoms with Crippen molar-refractivity contribution in [1.82, 2.24) is 0 Å². The summed E-state index contributed by atoms with van der Waals surface area (Å²) in [4.78, 5) is 0. The van der Waals surface area contributed by atoms with E-state index in [9.17, 15) is 5.11 Å². The van der Waals surface area contributed by atoms with Gasteiger partial charge in [0, 0.05) is 5.92 Å². The lowest BCUT2D eigenvalue weighted by molar-refractivity contribution is -0.262. The summed E-state index contributed by atoms with van der Waals surface area (Å²) in [6, 6.07) is 0. The Bertz CT molecular complexity index is 128. The van der Waals surface area contributed by atoms with Crippen molar-refractivity contribution in [3.8, 4) is 0 Å². The maximum Gasteiger partial charge on any atom is 0.162 e. The van der Waals surface area contributed by atoms with Crippen LogP contribution in [-0.2, 0) is 9.47 Å². The van der Waals surface area contributed by atoms with E-state index in [0.29, 0.717) is 6.61 Å². The van der Waals surface area contributed by atoms with E-state index in [4.69, 9.17) is 9.47 Å². The topological polar surface area (TPSA) is 38.7 Å². The second-order valence-corrected chi connectivity index (χ2v) is 4.02. The van der Waals surface area contributed by atoms with Gasteiger partial charge in [0.2, 0.25) is 0 Å². The predicted molar refractivity (Wildman–Crippen MR) is 40.9 cm³/mol. The minimum absolute atomic E-state index is 0.0415. The first kappa shape index (κ1) is 8.97. The first-order chi connectivity index (χ1) is 5.02. The highest BCUT2D eigenvalue weighted by molar-refractivity contribution is 4.77. The summed E-state index contributed by atoms with van der Waals surface area (Å²) in [5, 5.41) is 9.40. The molecule has 1 aliphatic heterocycles. The number of hydrogen-bond acceptors (Lipinski definition) is 3. The van der Waals surface area contributed by atoms with Gasteiger partial charge in [-0.05, 0) is 5.41 Å². The summed E-state index contributed by atoms with van der Waals surface area (Å²) in [6.07, 6.45) is -0.663. The third-order valence-corrected chi connectivity index (χ3v) is 2.08. The third kappa shape index (κ3) is 2.15. The molecule has 0 aromatic carbocycles. The average Bonchev–Trinajstić information content (AvgIpc) is 1.86. The van der Waals surface area contributed by atoms with Crippen molar-refractivity contribution in [3.63, 3.8) is 0 Å². The molecule has 0 bridgehead atoms. The van der Waals surface area contributed by atoms with Crippen LogP contribution in [0.2, 0.25) is 0 Å². The molecule has 2 atom stereocenters. The van der Waals surface area contributed by atoms with E-state index in [-0.39, 0.29) is 18.1 Å². The van der Waals surface area contributed by atoms with Crippen molar-refractivity contribution in [2.45, 2.75) is 27.1 Å². The van der Waals surface area contributed by atoms with Crippen LogP contribution >= 0.6 is 0 Å². The van der Waals surface area contributed by atoms with Crippen LogP contribution in [-0.4, -0.2) is 24.8 Å². The lowest BCUT2D eigenvalue weighted by Crippen LogP contribution is -2.41. The van der Waals surface area contributed by atoms with E-state index < -0.39 is 6.29 Å². The molecule has 11 heavy (non-hydrogen) atoms. The van der Waals surface area contributed by atoms with Crippen LogP contribution in [0.4, 0.5) is 0 Å². The summed E-state index contributed by atoms with van der Waals surface area (Å²) >= 11 is 0. The Balaban J connectivity index is 2.55. The Morgan fingerprint density at radius 3 is 2.36 bits per heavy atom. The monoisotopic (exact) mass is 160 g/mol. The zero-order valence-electron chi connectivity index (χ0n) is 7.33. The van der Waals surface area contributed by atoms with Crippen LogP contribution < -0.4 is 0 Å². The average molecular weight is 160 g/mol. The van der Waals surface area contributed by atoms with Gasteiger partial charge in [-0.3, -0.25) is 0 Å². The van der Waals surface area contributed by atoms with Gasteiger partial charge in [-0.25, -0.2) is 0 Å². The lowest BCUT2D eigenvalue weighted by Gasteiger charge is -2.36. The molecule has 1 rings (SSSR count). The molecular weight excluding hydrogens is 144 g/mol. The van der Waals surface area contributed by atoms with E-state index in [1.54, 1.807) is 0 Å². The highest BCUT2D eigenvalue weighted by Crippen LogP contribution is 2.31. The lowest BCUT2D eigenvalue weighted by atomic mass is 9.80. The van der Waals surface area contributed by atoms with E-state index in [2.05, 4.69) is 20.8 Å². The Morgan fingerprint density at radius 2 is 2.00 bits per heavy atom. The summed E-state index contributed by atoms with van der Waals surface area (Å²) in [6.45, 7) is 7.01. The van der Waals surface area contributed by atoms with Gasteiger partial charge in [0.25, 0.3) is 0 Å². The van der Waals surface area contributed by atoms with E-state index in [0.717, 1.165) is 0 Å². The molecule has 0 spiro atoms. The Kier molecular flexibility index (Phi) is 2.52. The van der Waals surface area contributed by atoms with Crippen LogP contribution in [0.3, 0.4) is 0 Å². The summed E-state index contributed by atoms with van der Waals surface area (Å²) in [5.41, 5.74) is 0.0415. The Hall–Kier alpha value is -0.120. The van der Waals surface area contributed by atoms with Crippen LogP contribution in [0.5, 0.6) is 0 Å². The quantitative estimate of drug-likeness (QED) is 0.574. The third-order valence-electron chi connectivity index (χ3n) is 2.08. The van der Waals surface area contributed by atoms with Gasteiger partial charge in [-0.1, -0.05) is 20.8 Å². The highest BCUT2D eigenvalue weighted by atomic mass is 16.7. The standard InChI is InChI=1S/C8H16O3/c1-8(2,3)6-4-10-5-11-7(6)9/h6-7,9H,4-5H2,1-3H3. The molecule has 1 N–H and O–H groups in total. The van der Waals surface area contributed by atoms with Crippen molar-refractivity contribution < 1.29 is 14.6 Å². The smallest absolute Gasteiger partial charge is 0.162 e. The first-order valence-corrected chi connectivity index (χ1v) is 3.89. The van der Waals surface area contributed by atoms with E-state index in [1.165, 1.54) is 0 Å². The van der Waals surface area contributed by atoms with Crippen LogP contribution in [0, 0.1) is 11.3 Å². The fourth-order valence-corrected chi connectivity index (χ4v) is 1.17. The molecule has 2 unspecified atom stereocenters. The Labute approximate surface area is 67.3 Å². The van der Waals surface area contributed by atoms with Crippen LogP contribution in [0.1, 0.15) is 20.8 Å². The molecule has 66 valence electrons. The molecule has 3 nitrogen and oxygen atoms in total. The molecule has 0 saturated carbocycles. The van der Waals surface area contributed by atoms with E-state index >= 15 is 0 Å². The normalized spacial score (nSPS) is 33.8. The van der Waals surface area contributed by atoms with Gasteiger partial charge >= 0.3 is 0 Å². The molecule has 0 aromatic rings. The largest absolute Gasteiger partial charge is 0.368 e. The van der Waals surface area contributed by atoms with Crippen molar-refractivity contribution in [3.05, 3.63) is 0 Å². The molecule has 1 fully saturated rings. The zero-order valence-corrected chi connectivity index (χ0v) is 7.33. The number of aliphatic hydroxyl groups excluding tert-OH is 1. The molecule has 0 radical (unpaired) electrons. The molecule has 3 heteroatoms. The van der Waals surface area contributed by atoms with Crippen LogP contribution in [0.15, 0.2) is 0 Å². The van der Waals surface area contributed by atoms with Gasteiger partial charge < -0.3 is 14.6 Å². The fourth-order valence-electron chi connectivity index (χ4n) is 1.17. The number of ether oxygens (including phenoxy) is 2. The summed E-state index contributed by atoms with van der Waals surface area (Å²) in [5.74, 6) is 0.0799. The van der Waals surface area contributed by atoms with Crippen molar-refractivity contribution >= 4 is 0 Å². The van der Waals surface area contributed by atoms with Crippen molar-refractivity contribution in [2.75, 3.05) is 13.4 Å². The van der Waals surface area contributed by atoms with Gasteiger partial charge in [-0.15, -0.1) is 0 Å². The maximum absolute atomic E-state index is 9.40. The van der Waals surface area contributed by atoms with Gasteiger partial charge in [0.15, 0.2) is 6.29 Å². The molecule has 0 amide bonds. The SMILES string of the molecule is CC(C)(C)C1COCOC1O. The molecule has 0 aromatic heterocycles. The summed E-state index contributed by atoms with van der Waals surface area (Å²) in [7, 11) is 0. The number of rotatable bonds is 0. The van der Waals surface area contributed by atoms with E-state index in [1.807, 2.05) is 0 Å². The van der Waals surface area contributed by atoms with Crippen molar-refractivity contribution in [1.29, 1.82) is 0 Å². The summed E-state index contributed by atoms with van der Waals surface area (Å²) < 4.78 is 10.0.